The molecule has 2 N–H and O–H groups in total. The molecule has 0 radical (unpaired) electrons. The first-order valence-electron chi connectivity index (χ1n) is 7.29. The summed E-state index contributed by atoms with van der Waals surface area (Å²) >= 11 is 0. The molecular weight excluding hydrogens is 302 g/mol. The number of carbonyl (C=O) groups is 1. The van der Waals surface area contributed by atoms with Gasteiger partial charge in [0.05, 0.1) is 12.2 Å². The molecule has 1 aromatic heterocycles. The van der Waals surface area contributed by atoms with E-state index < -0.39 is 0 Å². The highest BCUT2D eigenvalue weighted by molar-refractivity contribution is 5.85. The first kappa shape index (κ1) is 16.5. The van der Waals surface area contributed by atoms with Crippen molar-refractivity contribution in [3.8, 4) is 11.3 Å². The standard InChI is InChI=1S/C16H19N3O2.ClH/c1-11(19-15(20)13-8-5-9-17-13)16-18-10-14(21-16)12-6-3-2-4-7-12;/h2-4,6-7,10-11,13,17H,5,8-9H2,1H3,(H,19,20);1H. The molecule has 1 saturated heterocycles. The second-order valence-electron chi connectivity index (χ2n) is 5.31. The van der Waals surface area contributed by atoms with E-state index >= 15 is 0 Å². The summed E-state index contributed by atoms with van der Waals surface area (Å²) in [5.74, 6) is 1.25. The van der Waals surface area contributed by atoms with Crippen LogP contribution in [0.25, 0.3) is 11.3 Å². The van der Waals surface area contributed by atoms with Gasteiger partial charge in [-0.25, -0.2) is 4.98 Å². The van der Waals surface area contributed by atoms with Gasteiger partial charge in [0.2, 0.25) is 11.8 Å². The second-order valence-corrected chi connectivity index (χ2v) is 5.31. The van der Waals surface area contributed by atoms with E-state index in [1.807, 2.05) is 37.3 Å². The molecule has 0 saturated carbocycles. The number of carbonyl (C=O) groups excluding carboxylic acids is 1. The number of hydrogen-bond acceptors (Lipinski definition) is 4. The summed E-state index contributed by atoms with van der Waals surface area (Å²) in [4.78, 5) is 16.3. The Labute approximate surface area is 135 Å². The van der Waals surface area contributed by atoms with Crippen LogP contribution in [0.2, 0.25) is 0 Å². The van der Waals surface area contributed by atoms with Crippen LogP contribution in [-0.2, 0) is 4.79 Å². The fraction of sp³-hybridized carbons (Fsp3) is 0.375. The van der Waals surface area contributed by atoms with Crippen molar-refractivity contribution in [2.75, 3.05) is 6.54 Å². The van der Waals surface area contributed by atoms with Gasteiger partial charge in [-0.2, -0.15) is 0 Å². The zero-order chi connectivity index (χ0) is 14.7. The fourth-order valence-electron chi connectivity index (χ4n) is 2.51. The number of hydrogen-bond donors (Lipinski definition) is 2. The number of oxazole rings is 1. The van der Waals surface area contributed by atoms with Gasteiger partial charge in [0.1, 0.15) is 6.04 Å². The van der Waals surface area contributed by atoms with Gasteiger partial charge in [-0.1, -0.05) is 30.3 Å². The molecule has 22 heavy (non-hydrogen) atoms. The number of nitrogens with zero attached hydrogens (tertiary/aromatic N) is 1. The molecule has 2 atom stereocenters. The molecule has 0 aliphatic carbocycles. The lowest BCUT2D eigenvalue weighted by atomic mass is 10.2. The van der Waals surface area contributed by atoms with E-state index in [1.54, 1.807) is 6.20 Å². The van der Waals surface area contributed by atoms with Gasteiger partial charge < -0.3 is 15.1 Å². The predicted octanol–water partition coefficient (Wildman–Crippen LogP) is 2.69. The van der Waals surface area contributed by atoms with Crippen LogP contribution in [0.15, 0.2) is 40.9 Å². The molecule has 5 nitrogen and oxygen atoms in total. The van der Waals surface area contributed by atoms with Gasteiger partial charge in [-0.3, -0.25) is 4.79 Å². The lowest BCUT2D eigenvalue weighted by Crippen LogP contribution is -2.41. The molecule has 2 aromatic rings. The van der Waals surface area contributed by atoms with Crippen molar-refractivity contribution in [3.63, 3.8) is 0 Å². The molecule has 0 bridgehead atoms. The summed E-state index contributed by atoms with van der Waals surface area (Å²) in [6.07, 6.45) is 3.63. The van der Waals surface area contributed by atoms with Crippen molar-refractivity contribution in [3.05, 3.63) is 42.4 Å². The second kappa shape index (κ2) is 7.42. The number of halogens is 1. The average molecular weight is 322 g/mol. The smallest absolute Gasteiger partial charge is 0.237 e. The number of rotatable bonds is 4. The van der Waals surface area contributed by atoms with Gasteiger partial charge in [0.15, 0.2) is 5.76 Å². The number of amides is 1. The molecule has 118 valence electrons. The summed E-state index contributed by atoms with van der Waals surface area (Å²) in [5, 5.41) is 6.13. The van der Waals surface area contributed by atoms with Crippen molar-refractivity contribution >= 4 is 18.3 Å². The van der Waals surface area contributed by atoms with Crippen molar-refractivity contribution in [2.24, 2.45) is 0 Å². The van der Waals surface area contributed by atoms with Gasteiger partial charge in [0.25, 0.3) is 0 Å². The van der Waals surface area contributed by atoms with E-state index in [0.29, 0.717) is 11.7 Å². The Bertz CT molecular complexity index is 609. The van der Waals surface area contributed by atoms with Gasteiger partial charge in [0, 0.05) is 5.56 Å². The molecule has 1 aliphatic heterocycles. The van der Waals surface area contributed by atoms with Crippen LogP contribution in [0.4, 0.5) is 0 Å². The Hall–Kier alpha value is -1.85. The molecular formula is C16H20ClN3O2. The topological polar surface area (TPSA) is 67.2 Å². The van der Waals surface area contributed by atoms with Crippen LogP contribution in [0, 0.1) is 0 Å². The molecule has 1 aliphatic rings. The highest BCUT2D eigenvalue weighted by Crippen LogP contribution is 2.22. The summed E-state index contributed by atoms with van der Waals surface area (Å²) in [6.45, 7) is 2.79. The Morgan fingerprint density at radius 2 is 2.18 bits per heavy atom. The Balaban J connectivity index is 0.00000176. The van der Waals surface area contributed by atoms with E-state index in [4.69, 9.17) is 4.42 Å². The lowest BCUT2D eigenvalue weighted by Gasteiger charge is -2.14. The SMILES string of the molecule is CC(NC(=O)C1CCCN1)c1ncc(-c2ccccc2)o1.Cl. The number of aromatic nitrogens is 1. The molecule has 2 heterocycles. The van der Waals surface area contributed by atoms with Crippen molar-refractivity contribution < 1.29 is 9.21 Å². The number of nitrogens with one attached hydrogen (secondary N) is 2. The maximum absolute atomic E-state index is 12.1. The highest BCUT2D eigenvalue weighted by Gasteiger charge is 2.24. The third-order valence-corrected chi connectivity index (χ3v) is 3.69. The minimum atomic E-state index is -0.239. The van der Waals surface area contributed by atoms with Crippen molar-refractivity contribution in [1.82, 2.24) is 15.6 Å². The first-order chi connectivity index (χ1) is 10.2. The maximum Gasteiger partial charge on any atom is 0.237 e. The van der Waals surface area contributed by atoms with Crippen LogP contribution in [0.5, 0.6) is 0 Å². The molecule has 6 heteroatoms. The molecule has 3 rings (SSSR count). The molecule has 2 unspecified atom stereocenters. The number of benzene rings is 1. The quantitative estimate of drug-likeness (QED) is 0.908. The lowest BCUT2D eigenvalue weighted by molar-refractivity contribution is -0.123. The van der Waals surface area contributed by atoms with Crippen LogP contribution < -0.4 is 10.6 Å². The largest absolute Gasteiger partial charge is 0.438 e. The summed E-state index contributed by atoms with van der Waals surface area (Å²) in [7, 11) is 0. The van der Waals surface area contributed by atoms with E-state index in [-0.39, 0.29) is 30.4 Å². The molecule has 1 fully saturated rings. The maximum atomic E-state index is 12.1. The normalized spacial score (nSPS) is 18.5. The van der Waals surface area contributed by atoms with Gasteiger partial charge >= 0.3 is 0 Å². The average Bonchev–Trinajstić information content (AvgIpc) is 3.20. The predicted molar refractivity (Wildman–Crippen MR) is 86.8 cm³/mol. The minimum Gasteiger partial charge on any atom is -0.438 e. The molecule has 1 amide bonds. The zero-order valence-electron chi connectivity index (χ0n) is 12.4. The Morgan fingerprint density at radius 3 is 2.86 bits per heavy atom. The Morgan fingerprint density at radius 1 is 1.41 bits per heavy atom. The van der Waals surface area contributed by atoms with Crippen LogP contribution in [-0.4, -0.2) is 23.5 Å². The molecule has 1 aromatic carbocycles. The third kappa shape index (κ3) is 3.67. The van der Waals surface area contributed by atoms with Crippen molar-refractivity contribution in [2.45, 2.75) is 31.8 Å². The van der Waals surface area contributed by atoms with Gasteiger partial charge in [-0.05, 0) is 26.3 Å². The Kier molecular flexibility index (Phi) is 5.57. The van der Waals surface area contributed by atoms with Gasteiger partial charge in [-0.15, -0.1) is 12.4 Å². The van der Waals surface area contributed by atoms with Crippen LogP contribution in [0.3, 0.4) is 0 Å². The van der Waals surface area contributed by atoms with Crippen LogP contribution >= 0.6 is 12.4 Å². The third-order valence-electron chi connectivity index (χ3n) is 3.69. The minimum absolute atomic E-state index is 0. The zero-order valence-corrected chi connectivity index (χ0v) is 13.2. The summed E-state index contributed by atoms with van der Waals surface area (Å²) in [5.41, 5.74) is 0.979. The fourth-order valence-corrected chi connectivity index (χ4v) is 2.51. The van der Waals surface area contributed by atoms with E-state index in [0.717, 1.165) is 24.9 Å². The first-order valence-corrected chi connectivity index (χ1v) is 7.29. The summed E-state index contributed by atoms with van der Waals surface area (Å²) < 4.78 is 5.75. The monoisotopic (exact) mass is 321 g/mol. The van der Waals surface area contributed by atoms with Crippen LogP contribution in [0.1, 0.15) is 31.7 Å². The van der Waals surface area contributed by atoms with E-state index in [9.17, 15) is 4.79 Å². The van der Waals surface area contributed by atoms with Crippen molar-refractivity contribution in [1.29, 1.82) is 0 Å². The van der Waals surface area contributed by atoms with E-state index in [1.165, 1.54) is 0 Å². The molecule has 0 spiro atoms. The highest BCUT2D eigenvalue weighted by atomic mass is 35.5. The summed E-state index contributed by atoms with van der Waals surface area (Å²) in [6, 6.07) is 9.47. The van der Waals surface area contributed by atoms with E-state index in [2.05, 4.69) is 15.6 Å².